The van der Waals surface area contributed by atoms with Crippen LogP contribution < -0.4 is 11.3 Å². The Labute approximate surface area is 105 Å². The van der Waals surface area contributed by atoms with E-state index < -0.39 is 0 Å². The Hall–Kier alpha value is -1.24. The van der Waals surface area contributed by atoms with Crippen molar-refractivity contribution in [1.29, 1.82) is 0 Å². The Morgan fingerprint density at radius 2 is 2.41 bits per heavy atom. The fourth-order valence-corrected chi connectivity index (χ4v) is 2.46. The molecule has 2 aromatic rings. The highest BCUT2D eigenvalue weighted by molar-refractivity contribution is 7.09. The number of nitrogens with one attached hydrogen (secondary N) is 1. The van der Waals surface area contributed by atoms with E-state index in [9.17, 15) is 0 Å². The number of aryl methyl sites for hydroxylation is 2. The fourth-order valence-electron chi connectivity index (χ4n) is 1.78. The van der Waals surface area contributed by atoms with E-state index in [1.807, 2.05) is 23.4 Å². The zero-order valence-corrected chi connectivity index (χ0v) is 10.9. The second-order valence-electron chi connectivity index (χ2n) is 3.93. The Morgan fingerprint density at radius 1 is 1.59 bits per heavy atom. The van der Waals surface area contributed by atoms with Gasteiger partial charge in [0.2, 0.25) is 0 Å². The van der Waals surface area contributed by atoms with Crippen molar-refractivity contribution in [3.05, 3.63) is 34.0 Å². The van der Waals surface area contributed by atoms with E-state index in [2.05, 4.69) is 28.5 Å². The molecule has 0 aliphatic rings. The average Bonchev–Trinajstić information content (AvgIpc) is 2.96. The van der Waals surface area contributed by atoms with Crippen molar-refractivity contribution >= 4 is 11.3 Å². The zero-order chi connectivity index (χ0) is 12.3. The van der Waals surface area contributed by atoms with Crippen LogP contribution >= 0.6 is 11.3 Å². The number of aromatic nitrogens is 3. The van der Waals surface area contributed by atoms with Crippen LogP contribution in [0.1, 0.15) is 29.2 Å². The number of hydrazine groups is 1. The summed E-state index contributed by atoms with van der Waals surface area (Å²) in [5.41, 5.74) is 6.95. The van der Waals surface area contributed by atoms with Crippen molar-refractivity contribution in [3.8, 4) is 0 Å². The molecule has 17 heavy (non-hydrogen) atoms. The third-order valence-electron chi connectivity index (χ3n) is 2.80. The lowest BCUT2D eigenvalue weighted by molar-refractivity contribution is 0.536. The molecule has 0 saturated carbocycles. The summed E-state index contributed by atoms with van der Waals surface area (Å²) in [6, 6.07) is 2.23. The molecule has 1 atom stereocenters. The van der Waals surface area contributed by atoms with Crippen LogP contribution in [0, 0.1) is 0 Å². The monoisotopic (exact) mass is 251 g/mol. The van der Waals surface area contributed by atoms with E-state index >= 15 is 0 Å². The van der Waals surface area contributed by atoms with Gasteiger partial charge in [-0.2, -0.15) is 5.10 Å². The summed E-state index contributed by atoms with van der Waals surface area (Å²) < 4.78 is 1.92. The summed E-state index contributed by atoms with van der Waals surface area (Å²) in [5, 5.41) is 4.43. The van der Waals surface area contributed by atoms with Crippen LogP contribution in [0.5, 0.6) is 0 Å². The van der Waals surface area contributed by atoms with Gasteiger partial charge in [0.15, 0.2) is 0 Å². The molecular weight excluding hydrogens is 234 g/mol. The number of nitrogens with two attached hydrogens (primary N) is 1. The Balaban J connectivity index is 2.15. The van der Waals surface area contributed by atoms with Gasteiger partial charge < -0.3 is 0 Å². The van der Waals surface area contributed by atoms with Crippen LogP contribution in [0.4, 0.5) is 0 Å². The molecule has 0 amide bonds. The topological polar surface area (TPSA) is 68.8 Å². The quantitative estimate of drug-likeness (QED) is 0.618. The zero-order valence-electron chi connectivity index (χ0n) is 10.1. The number of thiazole rings is 1. The Morgan fingerprint density at radius 3 is 2.94 bits per heavy atom. The molecule has 0 radical (unpaired) electrons. The maximum atomic E-state index is 5.60. The van der Waals surface area contributed by atoms with Crippen LogP contribution in [0.25, 0.3) is 0 Å². The molecule has 2 rings (SSSR count). The average molecular weight is 251 g/mol. The second kappa shape index (κ2) is 5.39. The molecule has 0 fully saturated rings. The molecular formula is C11H17N5S. The SMILES string of the molecule is CCc1cc(CC(NN)c2cncs2)n(C)n1. The highest BCUT2D eigenvalue weighted by atomic mass is 32.1. The van der Waals surface area contributed by atoms with Crippen LogP contribution in [-0.2, 0) is 19.9 Å². The molecule has 92 valence electrons. The highest BCUT2D eigenvalue weighted by Gasteiger charge is 2.15. The van der Waals surface area contributed by atoms with Crippen LogP contribution in [-0.4, -0.2) is 14.8 Å². The summed E-state index contributed by atoms with van der Waals surface area (Å²) in [4.78, 5) is 5.22. The summed E-state index contributed by atoms with van der Waals surface area (Å²) in [7, 11) is 1.97. The van der Waals surface area contributed by atoms with E-state index in [0.717, 1.165) is 23.4 Å². The highest BCUT2D eigenvalue weighted by Crippen LogP contribution is 2.21. The summed E-state index contributed by atoms with van der Waals surface area (Å²) in [5.74, 6) is 5.60. The van der Waals surface area contributed by atoms with Crippen molar-refractivity contribution < 1.29 is 0 Å². The lowest BCUT2D eigenvalue weighted by atomic mass is 10.1. The second-order valence-corrected chi connectivity index (χ2v) is 4.85. The third kappa shape index (κ3) is 2.71. The predicted molar refractivity (Wildman–Crippen MR) is 68.5 cm³/mol. The summed E-state index contributed by atoms with van der Waals surface area (Å²) in [6.45, 7) is 2.11. The van der Waals surface area contributed by atoms with Gasteiger partial charge >= 0.3 is 0 Å². The number of hydrogen-bond acceptors (Lipinski definition) is 5. The van der Waals surface area contributed by atoms with Crippen LogP contribution in [0.3, 0.4) is 0 Å². The van der Waals surface area contributed by atoms with Crippen molar-refractivity contribution in [2.24, 2.45) is 12.9 Å². The minimum absolute atomic E-state index is 0.0996. The van der Waals surface area contributed by atoms with Gasteiger partial charge in [0.1, 0.15) is 0 Å². The molecule has 1 unspecified atom stereocenters. The lowest BCUT2D eigenvalue weighted by Crippen LogP contribution is -2.29. The standard InChI is InChI=1S/C11H17N5S/c1-3-8-4-9(16(2)15-8)5-10(14-12)11-6-13-7-17-11/h4,6-7,10,14H,3,5,12H2,1-2H3. The minimum Gasteiger partial charge on any atom is -0.272 e. The first-order valence-corrected chi connectivity index (χ1v) is 6.48. The molecule has 0 aliphatic heterocycles. The van der Waals surface area contributed by atoms with Gasteiger partial charge in [0, 0.05) is 30.2 Å². The van der Waals surface area contributed by atoms with Gasteiger partial charge in [-0.3, -0.25) is 20.9 Å². The van der Waals surface area contributed by atoms with E-state index in [4.69, 9.17) is 5.84 Å². The lowest BCUT2D eigenvalue weighted by Gasteiger charge is -2.13. The van der Waals surface area contributed by atoms with Gasteiger partial charge in [-0.15, -0.1) is 11.3 Å². The molecule has 2 heterocycles. The predicted octanol–water partition coefficient (Wildman–Crippen LogP) is 1.19. The van der Waals surface area contributed by atoms with Gasteiger partial charge in [0.25, 0.3) is 0 Å². The molecule has 6 heteroatoms. The fraction of sp³-hybridized carbons (Fsp3) is 0.455. The van der Waals surface area contributed by atoms with Gasteiger partial charge in [-0.05, 0) is 12.5 Å². The maximum Gasteiger partial charge on any atom is 0.0794 e. The van der Waals surface area contributed by atoms with E-state index in [1.165, 1.54) is 5.69 Å². The van der Waals surface area contributed by atoms with Crippen molar-refractivity contribution in [1.82, 2.24) is 20.2 Å². The Bertz CT molecular complexity index is 462. The van der Waals surface area contributed by atoms with Crippen molar-refractivity contribution in [2.75, 3.05) is 0 Å². The van der Waals surface area contributed by atoms with E-state index in [0.29, 0.717) is 0 Å². The summed E-state index contributed by atoms with van der Waals surface area (Å²) in [6.07, 6.45) is 3.63. The molecule has 0 saturated heterocycles. The molecule has 5 nitrogen and oxygen atoms in total. The largest absolute Gasteiger partial charge is 0.272 e. The first-order valence-electron chi connectivity index (χ1n) is 5.61. The molecule has 3 N–H and O–H groups in total. The van der Waals surface area contributed by atoms with E-state index in [-0.39, 0.29) is 6.04 Å². The number of nitrogens with zero attached hydrogens (tertiary/aromatic N) is 3. The van der Waals surface area contributed by atoms with Crippen LogP contribution in [0.15, 0.2) is 17.8 Å². The molecule has 2 aromatic heterocycles. The number of rotatable bonds is 5. The molecule has 0 aliphatic carbocycles. The molecule has 0 aromatic carbocycles. The van der Waals surface area contributed by atoms with Gasteiger partial charge in [0.05, 0.1) is 17.2 Å². The maximum absolute atomic E-state index is 5.60. The smallest absolute Gasteiger partial charge is 0.0794 e. The number of hydrogen-bond donors (Lipinski definition) is 2. The Kier molecular flexibility index (Phi) is 3.88. The normalized spacial score (nSPS) is 12.9. The third-order valence-corrected chi connectivity index (χ3v) is 3.69. The first-order chi connectivity index (χ1) is 8.24. The van der Waals surface area contributed by atoms with Gasteiger partial charge in [-0.25, -0.2) is 0 Å². The van der Waals surface area contributed by atoms with E-state index in [1.54, 1.807) is 11.3 Å². The summed E-state index contributed by atoms with van der Waals surface area (Å²) >= 11 is 1.61. The molecule has 0 bridgehead atoms. The first kappa shape index (κ1) is 12.2. The minimum atomic E-state index is 0.0996. The van der Waals surface area contributed by atoms with Crippen molar-refractivity contribution in [3.63, 3.8) is 0 Å². The van der Waals surface area contributed by atoms with Gasteiger partial charge in [-0.1, -0.05) is 6.92 Å². The molecule has 0 spiro atoms. The van der Waals surface area contributed by atoms with Crippen molar-refractivity contribution in [2.45, 2.75) is 25.8 Å². The van der Waals surface area contributed by atoms with Crippen LogP contribution in [0.2, 0.25) is 0 Å².